The van der Waals surface area contributed by atoms with E-state index >= 15 is 0 Å². The smallest absolute Gasteiger partial charge is 0.230 e. The minimum Gasteiger partial charge on any atom is -0.493 e. The van der Waals surface area contributed by atoms with E-state index < -0.39 is 11.7 Å². The first kappa shape index (κ1) is 14.6. The van der Waals surface area contributed by atoms with Gasteiger partial charge in [0, 0.05) is 29.4 Å². The lowest BCUT2D eigenvalue weighted by molar-refractivity contribution is 0.422. The van der Waals surface area contributed by atoms with Crippen LogP contribution in [0.2, 0.25) is 0 Å². The molecule has 0 amide bonds. The summed E-state index contributed by atoms with van der Waals surface area (Å²) in [5.74, 6) is -0.667. The lowest BCUT2D eigenvalue weighted by atomic mass is 10.1. The largest absolute Gasteiger partial charge is 0.493 e. The monoisotopic (exact) mass is 310 g/mol. The van der Waals surface area contributed by atoms with Gasteiger partial charge in [-0.1, -0.05) is 6.07 Å². The standard InChI is InChI=1S/C16H11FN4O2/c17-9-3-4-10-11(6-9)16(21-15(22)12(10)7-18)23-14-2-1-5-20-13(14)8-19/h1-8,18-19H,(H,21,22). The zero-order valence-electron chi connectivity index (χ0n) is 11.7. The number of ether oxygens (including phenoxy) is 1. The van der Waals surface area contributed by atoms with E-state index in [0.717, 1.165) is 12.4 Å². The van der Waals surface area contributed by atoms with Crippen LogP contribution in [0.25, 0.3) is 10.8 Å². The fraction of sp³-hybridized carbons (Fsp3) is 0. The molecule has 0 saturated carbocycles. The summed E-state index contributed by atoms with van der Waals surface area (Å²) in [7, 11) is 0. The summed E-state index contributed by atoms with van der Waals surface area (Å²) < 4.78 is 19.2. The molecule has 0 saturated heterocycles. The normalized spacial score (nSPS) is 10.5. The van der Waals surface area contributed by atoms with Crippen LogP contribution in [-0.2, 0) is 0 Å². The van der Waals surface area contributed by atoms with Crippen molar-refractivity contribution in [3.05, 3.63) is 53.6 Å². The van der Waals surface area contributed by atoms with Crippen LogP contribution >= 0.6 is 0 Å². The molecule has 0 radical (unpaired) electrons. The molecule has 1 aromatic carbocycles. The Kier molecular flexibility index (Phi) is 3.68. The molecule has 7 heteroatoms. The fourth-order valence-corrected chi connectivity index (χ4v) is 2.19. The van der Waals surface area contributed by atoms with E-state index in [9.17, 15) is 9.50 Å². The van der Waals surface area contributed by atoms with Crippen LogP contribution in [0.5, 0.6) is 17.5 Å². The quantitative estimate of drug-likeness (QED) is 0.643. The summed E-state index contributed by atoms with van der Waals surface area (Å²) in [6, 6.07) is 7.09. The Morgan fingerprint density at radius 2 is 1.96 bits per heavy atom. The molecule has 0 unspecified atom stereocenters. The van der Waals surface area contributed by atoms with Crippen molar-refractivity contribution in [3.63, 3.8) is 0 Å². The number of aromatic nitrogens is 2. The Hall–Kier alpha value is -3.35. The first-order chi connectivity index (χ1) is 11.1. The molecule has 0 atom stereocenters. The van der Waals surface area contributed by atoms with Crippen molar-refractivity contribution in [1.82, 2.24) is 9.97 Å². The van der Waals surface area contributed by atoms with Gasteiger partial charge in [0.05, 0.1) is 5.56 Å². The number of nitrogens with one attached hydrogen (secondary N) is 2. The SMILES string of the molecule is N=Cc1ncccc1Oc1nc(O)c(C=N)c2ccc(F)cc12. The Balaban J connectivity index is 2.23. The molecule has 3 N–H and O–H groups in total. The van der Waals surface area contributed by atoms with Crippen molar-refractivity contribution < 1.29 is 14.2 Å². The molecule has 2 heterocycles. The van der Waals surface area contributed by atoms with E-state index in [4.69, 9.17) is 15.6 Å². The summed E-state index contributed by atoms with van der Waals surface area (Å²) >= 11 is 0. The zero-order chi connectivity index (χ0) is 16.4. The van der Waals surface area contributed by atoms with E-state index in [1.165, 1.54) is 24.4 Å². The van der Waals surface area contributed by atoms with Crippen LogP contribution in [0.1, 0.15) is 11.3 Å². The van der Waals surface area contributed by atoms with Crippen LogP contribution in [-0.4, -0.2) is 27.5 Å². The maximum absolute atomic E-state index is 13.6. The Bertz CT molecular complexity index is 927. The van der Waals surface area contributed by atoms with Gasteiger partial charge in [-0.2, -0.15) is 4.98 Å². The van der Waals surface area contributed by atoms with E-state index in [1.54, 1.807) is 12.1 Å². The number of rotatable bonds is 4. The number of hydrogen-bond donors (Lipinski definition) is 3. The van der Waals surface area contributed by atoms with E-state index in [0.29, 0.717) is 10.8 Å². The van der Waals surface area contributed by atoms with Crippen LogP contribution in [0.3, 0.4) is 0 Å². The summed E-state index contributed by atoms with van der Waals surface area (Å²) in [5.41, 5.74) is 0.445. The summed E-state index contributed by atoms with van der Waals surface area (Å²) in [6.07, 6.45) is 3.47. The predicted octanol–water partition coefficient (Wildman–Crippen LogP) is 3.26. The molecule has 0 aliphatic carbocycles. The van der Waals surface area contributed by atoms with Gasteiger partial charge in [0.1, 0.15) is 11.5 Å². The number of pyridine rings is 2. The van der Waals surface area contributed by atoms with Gasteiger partial charge in [0.15, 0.2) is 5.75 Å². The first-order valence-corrected chi connectivity index (χ1v) is 6.60. The van der Waals surface area contributed by atoms with E-state index in [1.807, 2.05) is 0 Å². The summed E-state index contributed by atoms with van der Waals surface area (Å²) in [5, 5.41) is 25.4. The van der Waals surface area contributed by atoms with Gasteiger partial charge < -0.3 is 20.7 Å². The molecule has 0 spiro atoms. The molecule has 23 heavy (non-hydrogen) atoms. The molecule has 0 aliphatic heterocycles. The maximum Gasteiger partial charge on any atom is 0.230 e. The highest BCUT2D eigenvalue weighted by Gasteiger charge is 2.15. The van der Waals surface area contributed by atoms with Gasteiger partial charge >= 0.3 is 0 Å². The predicted molar refractivity (Wildman–Crippen MR) is 83.4 cm³/mol. The van der Waals surface area contributed by atoms with Gasteiger partial charge in [0.25, 0.3) is 0 Å². The summed E-state index contributed by atoms with van der Waals surface area (Å²) in [4.78, 5) is 7.87. The van der Waals surface area contributed by atoms with Gasteiger partial charge in [0.2, 0.25) is 11.8 Å². The van der Waals surface area contributed by atoms with Gasteiger partial charge in [-0.15, -0.1) is 0 Å². The van der Waals surface area contributed by atoms with Gasteiger partial charge in [-0.3, -0.25) is 4.98 Å². The highest BCUT2D eigenvalue weighted by atomic mass is 19.1. The molecule has 3 rings (SSSR count). The number of nitrogens with zero attached hydrogens (tertiary/aromatic N) is 2. The number of hydrogen-bond acceptors (Lipinski definition) is 6. The molecule has 0 bridgehead atoms. The molecule has 6 nitrogen and oxygen atoms in total. The van der Waals surface area contributed by atoms with Gasteiger partial charge in [-0.05, 0) is 24.3 Å². The van der Waals surface area contributed by atoms with Crippen LogP contribution in [0.15, 0.2) is 36.5 Å². The Morgan fingerprint density at radius 3 is 2.70 bits per heavy atom. The maximum atomic E-state index is 13.6. The van der Waals surface area contributed by atoms with Crippen LogP contribution in [0, 0.1) is 16.6 Å². The number of aromatic hydroxyl groups is 1. The molecule has 2 aromatic heterocycles. The van der Waals surface area contributed by atoms with Crippen molar-refractivity contribution >= 4 is 23.2 Å². The van der Waals surface area contributed by atoms with Crippen LogP contribution in [0.4, 0.5) is 4.39 Å². The Labute approximate surface area is 130 Å². The highest BCUT2D eigenvalue weighted by molar-refractivity contribution is 6.02. The molecular formula is C16H11FN4O2. The number of fused-ring (bicyclic) bond motifs is 1. The lowest BCUT2D eigenvalue weighted by Gasteiger charge is -2.12. The Morgan fingerprint density at radius 1 is 1.13 bits per heavy atom. The second-order valence-corrected chi connectivity index (χ2v) is 4.62. The zero-order valence-corrected chi connectivity index (χ0v) is 11.7. The minimum absolute atomic E-state index is 0.0290. The van der Waals surface area contributed by atoms with Crippen molar-refractivity contribution in [2.24, 2.45) is 0 Å². The fourth-order valence-electron chi connectivity index (χ4n) is 2.19. The first-order valence-electron chi connectivity index (χ1n) is 6.60. The molecule has 114 valence electrons. The second kappa shape index (κ2) is 5.80. The van der Waals surface area contributed by atoms with Crippen LogP contribution < -0.4 is 4.74 Å². The third-order valence-corrected chi connectivity index (χ3v) is 3.24. The topological polar surface area (TPSA) is 103 Å². The lowest BCUT2D eigenvalue weighted by Crippen LogP contribution is -1.98. The van der Waals surface area contributed by atoms with Gasteiger partial charge in [-0.25, -0.2) is 4.39 Å². The van der Waals surface area contributed by atoms with Crippen molar-refractivity contribution in [2.75, 3.05) is 0 Å². The highest BCUT2D eigenvalue weighted by Crippen LogP contribution is 2.34. The van der Waals surface area contributed by atoms with Crippen molar-refractivity contribution in [1.29, 1.82) is 10.8 Å². The van der Waals surface area contributed by atoms with E-state index in [2.05, 4.69) is 9.97 Å². The second-order valence-electron chi connectivity index (χ2n) is 4.62. The number of benzene rings is 1. The molecular weight excluding hydrogens is 299 g/mol. The van der Waals surface area contributed by atoms with E-state index in [-0.39, 0.29) is 22.9 Å². The molecule has 0 fully saturated rings. The van der Waals surface area contributed by atoms with Crippen molar-refractivity contribution in [2.45, 2.75) is 0 Å². The number of halogens is 1. The van der Waals surface area contributed by atoms with Crippen molar-refractivity contribution in [3.8, 4) is 17.5 Å². The third kappa shape index (κ3) is 2.59. The molecule has 0 aliphatic rings. The minimum atomic E-state index is -0.496. The average molecular weight is 310 g/mol. The average Bonchev–Trinajstić information content (AvgIpc) is 2.56. The summed E-state index contributed by atoms with van der Waals surface area (Å²) in [6.45, 7) is 0. The molecule has 3 aromatic rings. The third-order valence-electron chi connectivity index (χ3n) is 3.24.